The summed E-state index contributed by atoms with van der Waals surface area (Å²) < 4.78 is 21.2. The Morgan fingerprint density at radius 1 is 0.823 bits per heavy atom. The van der Waals surface area contributed by atoms with E-state index >= 15 is 0 Å². The lowest BCUT2D eigenvalue weighted by molar-refractivity contribution is -0.199. The SMILES string of the molecule is Cc1c(OC2C(C)(C)C(N3Cc4cc(C#CC5CCC(CCC6CN(c7ccc8c(c7)C(=O)N(C7CCC(=O)NC7=O)C8=O)C6)CC5)ccc4C3=O)C2(C)C)ccc(C#N)c1F. The van der Waals surface area contributed by atoms with E-state index in [1.165, 1.54) is 12.5 Å². The van der Waals surface area contributed by atoms with E-state index in [0.29, 0.717) is 52.3 Å². The van der Waals surface area contributed by atoms with Crippen LogP contribution in [0.15, 0.2) is 48.5 Å². The van der Waals surface area contributed by atoms with Crippen molar-refractivity contribution in [3.8, 4) is 23.7 Å². The number of fused-ring (bicyclic) bond motifs is 2. The second-order valence-electron chi connectivity index (χ2n) is 19.5. The molecule has 2 aliphatic carbocycles. The molecule has 11 nitrogen and oxygen atoms in total. The number of benzene rings is 3. The lowest BCUT2D eigenvalue weighted by Gasteiger charge is -2.65. The minimum Gasteiger partial charge on any atom is -0.489 e. The Bertz CT molecular complexity index is 2520. The first-order chi connectivity index (χ1) is 29.6. The van der Waals surface area contributed by atoms with Crippen molar-refractivity contribution in [1.29, 1.82) is 5.26 Å². The zero-order valence-electron chi connectivity index (χ0n) is 36.0. The van der Waals surface area contributed by atoms with E-state index in [0.717, 1.165) is 66.9 Å². The molecule has 0 bridgehead atoms. The number of hydrogen-bond donors (Lipinski definition) is 1. The van der Waals surface area contributed by atoms with E-state index in [1.54, 1.807) is 25.1 Å². The van der Waals surface area contributed by atoms with Gasteiger partial charge in [0.05, 0.1) is 16.7 Å². The quantitative estimate of drug-likeness (QED) is 0.184. The second-order valence-corrected chi connectivity index (χ2v) is 19.5. The van der Waals surface area contributed by atoms with Crippen LogP contribution in [0.5, 0.6) is 5.75 Å². The molecule has 3 aromatic rings. The number of imide groups is 2. The van der Waals surface area contributed by atoms with Gasteiger partial charge in [0.2, 0.25) is 11.8 Å². The third-order valence-corrected chi connectivity index (χ3v) is 14.7. The molecule has 1 N–H and O–H groups in total. The number of anilines is 1. The van der Waals surface area contributed by atoms with Gasteiger partial charge in [-0.25, -0.2) is 4.39 Å². The number of nitrogens with one attached hydrogen (secondary N) is 1. The highest BCUT2D eigenvalue weighted by atomic mass is 19.1. The molecule has 2 saturated heterocycles. The molecule has 9 rings (SSSR count). The normalized spacial score (nSPS) is 26.2. The van der Waals surface area contributed by atoms with Crippen LogP contribution in [-0.4, -0.2) is 70.6 Å². The molecule has 0 spiro atoms. The van der Waals surface area contributed by atoms with Gasteiger partial charge in [0.1, 0.15) is 29.8 Å². The lowest BCUT2D eigenvalue weighted by atomic mass is 9.49. The van der Waals surface area contributed by atoms with Gasteiger partial charge in [-0.2, -0.15) is 5.26 Å². The molecular formula is C50H52FN5O6. The summed E-state index contributed by atoms with van der Waals surface area (Å²) in [6.45, 7) is 12.3. The van der Waals surface area contributed by atoms with Gasteiger partial charge in [-0.1, -0.05) is 46.0 Å². The number of ether oxygens (including phenoxy) is 1. The van der Waals surface area contributed by atoms with Crippen molar-refractivity contribution < 1.29 is 33.1 Å². The molecule has 6 aliphatic rings. The second kappa shape index (κ2) is 15.4. The summed E-state index contributed by atoms with van der Waals surface area (Å²) >= 11 is 0. The molecule has 5 amide bonds. The van der Waals surface area contributed by atoms with Crippen molar-refractivity contribution in [1.82, 2.24) is 15.1 Å². The predicted octanol–water partition coefficient (Wildman–Crippen LogP) is 7.32. The zero-order chi connectivity index (χ0) is 43.8. The number of nitrogens with zero attached hydrogens (tertiary/aromatic N) is 4. The highest BCUT2D eigenvalue weighted by Crippen LogP contribution is 2.59. The molecule has 62 heavy (non-hydrogen) atoms. The van der Waals surface area contributed by atoms with Gasteiger partial charge in [0, 0.05) is 71.2 Å². The zero-order valence-corrected chi connectivity index (χ0v) is 36.0. The van der Waals surface area contributed by atoms with Crippen LogP contribution < -0.4 is 15.0 Å². The Hall–Kier alpha value is -6.01. The number of nitriles is 1. The molecule has 2 saturated carbocycles. The first-order valence-corrected chi connectivity index (χ1v) is 22.0. The lowest BCUT2D eigenvalue weighted by Crippen LogP contribution is -2.74. The first-order valence-electron chi connectivity index (χ1n) is 22.0. The fourth-order valence-electron chi connectivity index (χ4n) is 11.7. The molecule has 3 aromatic carbocycles. The largest absolute Gasteiger partial charge is 0.489 e. The van der Waals surface area contributed by atoms with Crippen LogP contribution in [0, 0.1) is 64.5 Å². The molecule has 4 heterocycles. The maximum atomic E-state index is 14.8. The molecular weight excluding hydrogens is 786 g/mol. The van der Waals surface area contributed by atoms with E-state index in [2.05, 4.69) is 55.8 Å². The Balaban J connectivity index is 0.740. The smallest absolute Gasteiger partial charge is 0.262 e. The van der Waals surface area contributed by atoms with Crippen molar-refractivity contribution in [3.63, 3.8) is 0 Å². The van der Waals surface area contributed by atoms with Crippen molar-refractivity contribution in [3.05, 3.63) is 93.3 Å². The number of hydrogen-bond acceptors (Lipinski definition) is 8. The summed E-state index contributed by atoms with van der Waals surface area (Å²) in [6.07, 6.45) is 6.75. The average Bonchev–Trinajstić information content (AvgIpc) is 3.66. The minimum atomic E-state index is -0.969. The maximum Gasteiger partial charge on any atom is 0.262 e. The van der Waals surface area contributed by atoms with Crippen LogP contribution in [0.1, 0.15) is 132 Å². The van der Waals surface area contributed by atoms with E-state index < -0.39 is 46.3 Å². The van der Waals surface area contributed by atoms with E-state index in [9.17, 15) is 33.6 Å². The van der Waals surface area contributed by atoms with Gasteiger partial charge in [-0.3, -0.25) is 34.2 Å². The van der Waals surface area contributed by atoms with Gasteiger partial charge in [0.15, 0.2) is 0 Å². The number of piperidine rings is 1. The number of rotatable bonds is 8. The monoisotopic (exact) mass is 837 g/mol. The Kier molecular flexibility index (Phi) is 10.3. The summed E-state index contributed by atoms with van der Waals surface area (Å²) in [4.78, 5) is 69.5. The van der Waals surface area contributed by atoms with E-state index in [-0.39, 0.29) is 36.5 Å². The molecule has 4 fully saturated rings. The van der Waals surface area contributed by atoms with Gasteiger partial charge in [0.25, 0.3) is 17.7 Å². The van der Waals surface area contributed by atoms with Crippen LogP contribution in [0.4, 0.5) is 10.1 Å². The van der Waals surface area contributed by atoms with Gasteiger partial charge >= 0.3 is 0 Å². The topological polar surface area (TPSA) is 140 Å². The van der Waals surface area contributed by atoms with Crippen LogP contribution in [0.25, 0.3) is 0 Å². The average molecular weight is 838 g/mol. The fraction of sp³-hybridized carbons (Fsp3) is 0.480. The summed E-state index contributed by atoms with van der Waals surface area (Å²) in [5, 5.41) is 11.5. The van der Waals surface area contributed by atoms with Gasteiger partial charge < -0.3 is 14.5 Å². The third-order valence-electron chi connectivity index (χ3n) is 14.7. The summed E-state index contributed by atoms with van der Waals surface area (Å²) in [7, 11) is 0. The summed E-state index contributed by atoms with van der Waals surface area (Å²) in [5.41, 5.74) is 3.60. The predicted molar refractivity (Wildman–Crippen MR) is 228 cm³/mol. The van der Waals surface area contributed by atoms with E-state index in [4.69, 9.17) is 4.74 Å². The molecule has 0 aromatic heterocycles. The fourth-order valence-corrected chi connectivity index (χ4v) is 11.7. The minimum absolute atomic E-state index is 0.00939. The highest BCUT2D eigenvalue weighted by molar-refractivity contribution is 6.23. The van der Waals surface area contributed by atoms with Gasteiger partial charge in [-0.15, -0.1) is 0 Å². The van der Waals surface area contributed by atoms with Gasteiger partial charge in [-0.05, 0) is 111 Å². The number of halogens is 1. The molecule has 4 aliphatic heterocycles. The molecule has 320 valence electrons. The van der Waals surface area contributed by atoms with Crippen molar-refractivity contribution >= 4 is 35.2 Å². The highest BCUT2D eigenvalue weighted by Gasteiger charge is 2.67. The Labute approximate surface area is 361 Å². The first kappa shape index (κ1) is 41.3. The van der Waals surface area contributed by atoms with Crippen LogP contribution in [-0.2, 0) is 16.1 Å². The van der Waals surface area contributed by atoms with E-state index in [1.807, 2.05) is 29.2 Å². The summed E-state index contributed by atoms with van der Waals surface area (Å²) in [5.74, 6) is 6.48. The number of carbonyl (C=O) groups is 5. The molecule has 1 atom stereocenters. The third kappa shape index (κ3) is 6.92. The number of amides is 5. The van der Waals surface area contributed by atoms with Crippen molar-refractivity contribution in [2.24, 2.45) is 28.6 Å². The van der Waals surface area contributed by atoms with Crippen LogP contribution in [0.2, 0.25) is 0 Å². The number of carbonyl (C=O) groups excluding carboxylic acids is 5. The summed E-state index contributed by atoms with van der Waals surface area (Å²) in [6, 6.07) is 15.2. The molecule has 12 heteroatoms. The van der Waals surface area contributed by atoms with Crippen LogP contribution >= 0.6 is 0 Å². The molecule has 0 radical (unpaired) electrons. The maximum absolute atomic E-state index is 14.8. The van der Waals surface area contributed by atoms with Crippen molar-refractivity contribution in [2.45, 2.75) is 111 Å². The Morgan fingerprint density at radius 3 is 2.23 bits per heavy atom. The van der Waals surface area contributed by atoms with Crippen LogP contribution in [0.3, 0.4) is 0 Å². The standard InChI is InChI=1S/C50H52FN5O6/c1-28-40(20-15-33(24-52)42(28)51)62-48-49(2,3)47(50(48,4)5)55-27-34-22-31(14-17-36(34)44(55)59)12-10-29-6-8-30(9-7-29)11-13-32-25-54(26-32)35-16-18-37-38(23-35)46(61)56(45(37)60)39-19-21-41(57)53-43(39)58/h14-18,20,22-23,29-30,32,39,47-48H,6-9,11,13,19,21,25-27H2,1-5H3,(H,53,57,58). The van der Waals surface area contributed by atoms with Crippen molar-refractivity contribution in [2.75, 3.05) is 18.0 Å². The Morgan fingerprint density at radius 2 is 1.52 bits per heavy atom. The molecule has 1 unspecified atom stereocenters.